The second-order valence-corrected chi connectivity index (χ2v) is 5.10. The van der Waals surface area contributed by atoms with E-state index in [0.29, 0.717) is 5.56 Å². The molecule has 0 spiro atoms. The first-order chi connectivity index (χ1) is 9.39. The third-order valence-corrected chi connectivity index (χ3v) is 3.67. The maximum atomic E-state index is 12.3. The summed E-state index contributed by atoms with van der Waals surface area (Å²) >= 11 is 0. The first kappa shape index (κ1) is 14.8. The topological polar surface area (TPSA) is 34.1 Å². The van der Waals surface area contributed by atoms with Crippen molar-refractivity contribution in [3.63, 3.8) is 0 Å². The Labute approximate surface area is 115 Å². The van der Waals surface area contributed by atoms with E-state index in [1.807, 2.05) is 0 Å². The maximum absolute atomic E-state index is 12.3. The predicted molar refractivity (Wildman–Crippen MR) is 67.7 cm³/mol. The van der Waals surface area contributed by atoms with Gasteiger partial charge in [-0.05, 0) is 12.8 Å². The van der Waals surface area contributed by atoms with E-state index in [1.165, 1.54) is 12.1 Å². The number of rotatable bonds is 3. The second kappa shape index (κ2) is 5.77. The highest BCUT2D eigenvalue weighted by molar-refractivity contribution is 6.02. The van der Waals surface area contributed by atoms with Crippen LogP contribution in [0, 0.1) is 5.92 Å². The highest BCUT2D eigenvalue weighted by Crippen LogP contribution is 2.27. The summed E-state index contributed by atoms with van der Waals surface area (Å²) in [6.07, 6.45) is -0.0517. The molecule has 0 unspecified atom stereocenters. The minimum Gasteiger partial charge on any atom is -0.294 e. The van der Waals surface area contributed by atoms with Crippen LogP contribution in [0.5, 0.6) is 0 Å². The van der Waals surface area contributed by atoms with Gasteiger partial charge in [-0.3, -0.25) is 9.59 Å². The number of Topliss-reactive ketones (excluding diaryl/α,β-unsaturated/α-hetero) is 2. The molecule has 20 heavy (non-hydrogen) atoms. The molecule has 0 amide bonds. The smallest absolute Gasteiger partial charge is 0.294 e. The molecule has 1 aromatic carbocycles. The average molecular weight is 284 g/mol. The van der Waals surface area contributed by atoms with Crippen molar-refractivity contribution < 1.29 is 22.8 Å². The molecule has 5 heteroatoms. The third-order valence-electron chi connectivity index (χ3n) is 3.67. The van der Waals surface area contributed by atoms with Crippen molar-refractivity contribution >= 4 is 11.6 Å². The quantitative estimate of drug-likeness (QED) is 0.780. The Morgan fingerprint density at radius 3 is 1.90 bits per heavy atom. The lowest BCUT2D eigenvalue weighted by Crippen LogP contribution is -2.23. The van der Waals surface area contributed by atoms with E-state index in [-0.39, 0.29) is 11.7 Å². The second-order valence-electron chi connectivity index (χ2n) is 5.10. The lowest BCUT2D eigenvalue weighted by atomic mass is 9.84. The van der Waals surface area contributed by atoms with E-state index < -0.39 is 17.5 Å². The summed E-state index contributed by atoms with van der Waals surface area (Å²) in [6.45, 7) is 0. The molecule has 0 aromatic heterocycles. The number of carbonyl (C=O) groups excluding carboxylic acids is 2. The zero-order chi connectivity index (χ0) is 14.8. The largest absolute Gasteiger partial charge is 0.454 e. The average Bonchev–Trinajstić information content (AvgIpc) is 2.46. The molecule has 0 bridgehead atoms. The Morgan fingerprint density at radius 1 is 0.900 bits per heavy atom. The molecule has 0 N–H and O–H groups in total. The van der Waals surface area contributed by atoms with Gasteiger partial charge in [-0.1, -0.05) is 43.5 Å². The first-order valence-corrected chi connectivity index (χ1v) is 6.65. The lowest BCUT2D eigenvalue weighted by molar-refractivity contribution is -0.0885. The monoisotopic (exact) mass is 284 g/mol. The minimum atomic E-state index is -4.88. The lowest BCUT2D eigenvalue weighted by Gasteiger charge is -2.20. The Balaban J connectivity index is 2.11. The van der Waals surface area contributed by atoms with Crippen LogP contribution in [0.2, 0.25) is 0 Å². The highest BCUT2D eigenvalue weighted by Gasteiger charge is 2.39. The van der Waals surface area contributed by atoms with Gasteiger partial charge in [0.25, 0.3) is 5.78 Å². The molecule has 0 aliphatic heterocycles. The van der Waals surface area contributed by atoms with Crippen molar-refractivity contribution in [1.82, 2.24) is 0 Å². The summed E-state index contributed by atoms with van der Waals surface area (Å²) in [4.78, 5) is 23.2. The van der Waals surface area contributed by atoms with Gasteiger partial charge in [0.2, 0.25) is 0 Å². The molecule has 1 saturated carbocycles. The molecule has 2 rings (SSSR count). The van der Waals surface area contributed by atoms with Crippen molar-refractivity contribution in [2.24, 2.45) is 5.92 Å². The molecule has 0 saturated heterocycles. The van der Waals surface area contributed by atoms with Gasteiger partial charge >= 0.3 is 6.18 Å². The summed E-state index contributed by atoms with van der Waals surface area (Å²) in [5, 5.41) is 0. The minimum absolute atomic E-state index is 0.0318. The molecule has 108 valence electrons. The van der Waals surface area contributed by atoms with Crippen molar-refractivity contribution in [3.05, 3.63) is 35.4 Å². The number of halogens is 3. The number of ketones is 2. The molecule has 2 nitrogen and oxygen atoms in total. The van der Waals surface area contributed by atoms with Gasteiger partial charge in [0, 0.05) is 17.0 Å². The summed E-state index contributed by atoms with van der Waals surface area (Å²) in [5.74, 6) is -1.95. The van der Waals surface area contributed by atoms with Crippen LogP contribution in [-0.4, -0.2) is 17.7 Å². The number of hydrogen-bond acceptors (Lipinski definition) is 2. The summed E-state index contributed by atoms with van der Waals surface area (Å²) in [7, 11) is 0. The molecule has 0 atom stereocenters. The van der Waals surface area contributed by atoms with E-state index in [4.69, 9.17) is 0 Å². The van der Waals surface area contributed by atoms with Crippen LogP contribution >= 0.6 is 0 Å². The van der Waals surface area contributed by atoms with Crippen molar-refractivity contribution in [2.75, 3.05) is 0 Å². The van der Waals surface area contributed by atoms with Gasteiger partial charge in [-0.15, -0.1) is 0 Å². The SMILES string of the molecule is O=C(c1ccc(C(=O)C(F)(F)F)cc1)C1CCCCC1. The summed E-state index contributed by atoms with van der Waals surface area (Å²) in [5.41, 5.74) is -0.0479. The standard InChI is InChI=1S/C15H15F3O2/c16-15(17,18)14(20)12-8-6-11(7-9-12)13(19)10-4-2-1-3-5-10/h6-10H,1-5H2. The summed E-state index contributed by atoms with van der Waals surface area (Å²) < 4.78 is 36.8. The number of benzene rings is 1. The Morgan fingerprint density at radius 2 is 1.40 bits per heavy atom. The van der Waals surface area contributed by atoms with Crippen LogP contribution in [0.25, 0.3) is 0 Å². The Kier molecular flexibility index (Phi) is 4.26. The van der Waals surface area contributed by atoms with Crippen molar-refractivity contribution in [1.29, 1.82) is 0 Å². The van der Waals surface area contributed by atoms with Gasteiger partial charge in [-0.2, -0.15) is 13.2 Å². The van der Waals surface area contributed by atoms with Crippen LogP contribution < -0.4 is 0 Å². The van der Waals surface area contributed by atoms with Gasteiger partial charge in [0.05, 0.1) is 0 Å². The van der Waals surface area contributed by atoms with Crippen molar-refractivity contribution in [2.45, 2.75) is 38.3 Å². The number of carbonyl (C=O) groups is 2. The normalized spacial score (nSPS) is 16.9. The number of hydrogen-bond donors (Lipinski definition) is 0. The third kappa shape index (κ3) is 3.26. The van der Waals surface area contributed by atoms with E-state index in [1.54, 1.807) is 0 Å². The zero-order valence-corrected chi connectivity index (χ0v) is 10.9. The predicted octanol–water partition coefficient (Wildman–Crippen LogP) is 4.19. The fraction of sp³-hybridized carbons (Fsp3) is 0.467. The Bertz CT molecular complexity index is 497. The summed E-state index contributed by atoms with van der Waals surface area (Å²) in [6, 6.07) is 4.78. The van der Waals surface area contributed by atoms with E-state index >= 15 is 0 Å². The van der Waals surface area contributed by atoms with E-state index in [2.05, 4.69) is 0 Å². The Hall–Kier alpha value is -1.65. The van der Waals surface area contributed by atoms with Crippen molar-refractivity contribution in [3.8, 4) is 0 Å². The van der Waals surface area contributed by atoms with E-state index in [9.17, 15) is 22.8 Å². The highest BCUT2D eigenvalue weighted by atomic mass is 19.4. The van der Waals surface area contributed by atoms with Gasteiger partial charge in [0.1, 0.15) is 0 Å². The molecule has 1 aliphatic carbocycles. The maximum Gasteiger partial charge on any atom is 0.454 e. The number of alkyl halides is 3. The molecular weight excluding hydrogens is 269 g/mol. The molecule has 1 fully saturated rings. The van der Waals surface area contributed by atoms with Crippen LogP contribution in [-0.2, 0) is 0 Å². The molecule has 1 aliphatic rings. The van der Waals surface area contributed by atoms with Crippen LogP contribution in [0.3, 0.4) is 0 Å². The van der Waals surface area contributed by atoms with Crippen LogP contribution in [0.15, 0.2) is 24.3 Å². The molecule has 0 radical (unpaired) electrons. The molecular formula is C15H15F3O2. The van der Waals surface area contributed by atoms with E-state index in [0.717, 1.165) is 44.2 Å². The first-order valence-electron chi connectivity index (χ1n) is 6.65. The molecule has 0 heterocycles. The molecule has 1 aromatic rings. The van der Waals surface area contributed by atoms with Crippen LogP contribution in [0.1, 0.15) is 52.8 Å². The van der Waals surface area contributed by atoms with Gasteiger partial charge in [-0.25, -0.2) is 0 Å². The fourth-order valence-corrected chi connectivity index (χ4v) is 2.55. The van der Waals surface area contributed by atoms with Gasteiger partial charge in [0.15, 0.2) is 5.78 Å². The fourth-order valence-electron chi connectivity index (χ4n) is 2.55. The van der Waals surface area contributed by atoms with Crippen LogP contribution in [0.4, 0.5) is 13.2 Å². The zero-order valence-electron chi connectivity index (χ0n) is 10.9. The van der Waals surface area contributed by atoms with Gasteiger partial charge < -0.3 is 0 Å².